The zero-order valence-electron chi connectivity index (χ0n) is 11.4. The minimum atomic E-state index is 0.102. The smallest absolute Gasteiger partial charge is 0.254 e. The molecule has 0 fully saturated rings. The van der Waals surface area contributed by atoms with Gasteiger partial charge >= 0.3 is 0 Å². The zero-order valence-corrected chi connectivity index (χ0v) is 11.4. The molecule has 0 atom stereocenters. The van der Waals surface area contributed by atoms with Gasteiger partial charge in [-0.25, -0.2) is 0 Å². The summed E-state index contributed by atoms with van der Waals surface area (Å²) in [5.74, 6) is 0.102. The van der Waals surface area contributed by atoms with Gasteiger partial charge in [-0.05, 0) is 35.7 Å². The predicted octanol–water partition coefficient (Wildman–Crippen LogP) is 2.34. The van der Waals surface area contributed by atoms with Gasteiger partial charge in [0, 0.05) is 18.7 Å². The minimum absolute atomic E-state index is 0.102. The lowest BCUT2D eigenvalue weighted by molar-refractivity contribution is 0.0750. The second-order valence-electron chi connectivity index (χ2n) is 5.13. The summed E-state index contributed by atoms with van der Waals surface area (Å²) in [6, 6.07) is 16.0. The topological polar surface area (TPSA) is 46.3 Å². The molecule has 20 heavy (non-hydrogen) atoms. The van der Waals surface area contributed by atoms with Gasteiger partial charge in [0.15, 0.2) is 0 Å². The standard InChI is InChI=1S/C17H18N2O/c18-10-9-13-5-3-4-8-16(13)17(20)19-11-14-6-1-2-7-15(14)12-19/h1-8H,9-12,18H2. The first-order valence-corrected chi connectivity index (χ1v) is 6.93. The molecule has 2 N–H and O–H groups in total. The molecule has 3 nitrogen and oxygen atoms in total. The van der Waals surface area contributed by atoms with E-state index >= 15 is 0 Å². The van der Waals surface area contributed by atoms with Gasteiger partial charge < -0.3 is 10.6 Å². The van der Waals surface area contributed by atoms with Crippen LogP contribution in [0, 0.1) is 0 Å². The Morgan fingerprint density at radius 1 is 1.00 bits per heavy atom. The van der Waals surface area contributed by atoms with Crippen molar-refractivity contribution < 1.29 is 4.79 Å². The van der Waals surface area contributed by atoms with E-state index in [1.54, 1.807) is 0 Å². The van der Waals surface area contributed by atoms with Crippen molar-refractivity contribution in [1.29, 1.82) is 0 Å². The van der Waals surface area contributed by atoms with E-state index in [9.17, 15) is 4.79 Å². The van der Waals surface area contributed by atoms with Crippen LogP contribution in [0.5, 0.6) is 0 Å². The Balaban J connectivity index is 1.85. The van der Waals surface area contributed by atoms with Crippen LogP contribution < -0.4 is 5.73 Å². The fraction of sp³-hybridized carbons (Fsp3) is 0.235. The minimum Gasteiger partial charge on any atom is -0.330 e. The molecule has 0 aliphatic carbocycles. The van der Waals surface area contributed by atoms with Gasteiger partial charge in [0.25, 0.3) is 5.91 Å². The monoisotopic (exact) mass is 266 g/mol. The highest BCUT2D eigenvalue weighted by atomic mass is 16.2. The molecule has 0 spiro atoms. The Hall–Kier alpha value is -2.13. The first-order valence-electron chi connectivity index (χ1n) is 6.93. The molecule has 1 amide bonds. The molecule has 0 bridgehead atoms. The van der Waals surface area contributed by atoms with Crippen LogP contribution in [0.3, 0.4) is 0 Å². The fourth-order valence-corrected chi connectivity index (χ4v) is 2.75. The molecule has 2 aromatic carbocycles. The van der Waals surface area contributed by atoms with Gasteiger partial charge in [0.1, 0.15) is 0 Å². The fourth-order valence-electron chi connectivity index (χ4n) is 2.75. The van der Waals surface area contributed by atoms with E-state index in [0.717, 1.165) is 17.5 Å². The van der Waals surface area contributed by atoms with Gasteiger partial charge in [-0.3, -0.25) is 4.79 Å². The lowest BCUT2D eigenvalue weighted by atomic mass is 10.0. The van der Waals surface area contributed by atoms with Crippen LogP contribution in [0.1, 0.15) is 27.0 Å². The maximum atomic E-state index is 12.7. The van der Waals surface area contributed by atoms with Crippen molar-refractivity contribution in [2.24, 2.45) is 5.73 Å². The largest absolute Gasteiger partial charge is 0.330 e. The van der Waals surface area contributed by atoms with Crippen molar-refractivity contribution in [3.05, 3.63) is 70.8 Å². The SMILES string of the molecule is NCCc1ccccc1C(=O)N1Cc2ccccc2C1. The van der Waals surface area contributed by atoms with Crippen LogP contribution in [-0.4, -0.2) is 17.4 Å². The molecule has 0 radical (unpaired) electrons. The average Bonchev–Trinajstić information content (AvgIpc) is 2.91. The van der Waals surface area contributed by atoms with E-state index in [1.807, 2.05) is 41.3 Å². The molecule has 1 aliphatic heterocycles. The summed E-state index contributed by atoms with van der Waals surface area (Å²) < 4.78 is 0. The number of carbonyl (C=O) groups is 1. The summed E-state index contributed by atoms with van der Waals surface area (Å²) in [5.41, 5.74) is 9.94. The number of nitrogens with two attached hydrogens (primary N) is 1. The van der Waals surface area contributed by atoms with Gasteiger partial charge in [0.2, 0.25) is 0 Å². The summed E-state index contributed by atoms with van der Waals surface area (Å²) in [4.78, 5) is 14.6. The second-order valence-corrected chi connectivity index (χ2v) is 5.13. The van der Waals surface area contributed by atoms with Crippen LogP contribution in [0.2, 0.25) is 0 Å². The van der Waals surface area contributed by atoms with Crippen LogP contribution in [-0.2, 0) is 19.5 Å². The first-order chi connectivity index (χ1) is 9.79. The van der Waals surface area contributed by atoms with Crippen molar-refractivity contribution in [2.45, 2.75) is 19.5 Å². The Bertz CT molecular complexity index is 611. The molecule has 0 aromatic heterocycles. The van der Waals surface area contributed by atoms with E-state index < -0.39 is 0 Å². The maximum Gasteiger partial charge on any atom is 0.254 e. The van der Waals surface area contributed by atoms with E-state index in [2.05, 4.69) is 12.1 Å². The van der Waals surface area contributed by atoms with Crippen LogP contribution >= 0.6 is 0 Å². The van der Waals surface area contributed by atoms with Crippen LogP contribution in [0.15, 0.2) is 48.5 Å². The van der Waals surface area contributed by atoms with Gasteiger partial charge in [-0.1, -0.05) is 42.5 Å². The molecule has 1 aliphatic rings. The molecule has 3 heteroatoms. The molecule has 102 valence electrons. The Kier molecular flexibility index (Phi) is 3.52. The molecular formula is C17H18N2O. The summed E-state index contributed by atoms with van der Waals surface area (Å²) in [6.07, 6.45) is 0.739. The molecule has 1 heterocycles. The van der Waals surface area contributed by atoms with Crippen molar-refractivity contribution in [3.8, 4) is 0 Å². The van der Waals surface area contributed by atoms with Crippen molar-refractivity contribution >= 4 is 5.91 Å². The number of carbonyl (C=O) groups excluding carboxylic acids is 1. The quantitative estimate of drug-likeness (QED) is 0.927. The van der Waals surface area contributed by atoms with Crippen LogP contribution in [0.4, 0.5) is 0 Å². The highest BCUT2D eigenvalue weighted by molar-refractivity contribution is 5.96. The number of amides is 1. The summed E-state index contributed by atoms with van der Waals surface area (Å²) in [5, 5.41) is 0. The first kappa shape index (κ1) is 12.9. The lowest BCUT2D eigenvalue weighted by Crippen LogP contribution is -2.26. The number of hydrogen-bond acceptors (Lipinski definition) is 2. The Morgan fingerprint density at radius 3 is 2.25 bits per heavy atom. The number of benzene rings is 2. The lowest BCUT2D eigenvalue weighted by Gasteiger charge is -2.17. The summed E-state index contributed by atoms with van der Waals surface area (Å²) in [7, 11) is 0. The normalized spacial score (nSPS) is 13.3. The van der Waals surface area contributed by atoms with Crippen LogP contribution in [0.25, 0.3) is 0 Å². The van der Waals surface area contributed by atoms with Crippen molar-refractivity contribution in [1.82, 2.24) is 4.90 Å². The summed E-state index contributed by atoms with van der Waals surface area (Å²) in [6.45, 7) is 1.96. The molecule has 0 saturated carbocycles. The molecule has 2 aromatic rings. The third-order valence-electron chi connectivity index (χ3n) is 3.79. The molecule has 0 unspecified atom stereocenters. The average molecular weight is 266 g/mol. The Labute approximate surface area is 119 Å². The number of rotatable bonds is 3. The highest BCUT2D eigenvalue weighted by Gasteiger charge is 2.24. The van der Waals surface area contributed by atoms with E-state index in [0.29, 0.717) is 19.6 Å². The van der Waals surface area contributed by atoms with Gasteiger partial charge in [-0.15, -0.1) is 0 Å². The summed E-state index contributed by atoms with van der Waals surface area (Å²) >= 11 is 0. The maximum absolute atomic E-state index is 12.7. The third kappa shape index (κ3) is 2.32. The highest BCUT2D eigenvalue weighted by Crippen LogP contribution is 2.24. The molecule has 3 rings (SSSR count). The van der Waals surface area contributed by atoms with Gasteiger partial charge in [0.05, 0.1) is 0 Å². The van der Waals surface area contributed by atoms with E-state index in [4.69, 9.17) is 5.73 Å². The van der Waals surface area contributed by atoms with Crippen molar-refractivity contribution in [3.63, 3.8) is 0 Å². The second kappa shape index (κ2) is 5.47. The predicted molar refractivity (Wildman–Crippen MR) is 79.2 cm³/mol. The van der Waals surface area contributed by atoms with Crippen molar-refractivity contribution in [2.75, 3.05) is 6.54 Å². The zero-order chi connectivity index (χ0) is 13.9. The molecular weight excluding hydrogens is 248 g/mol. The Morgan fingerprint density at radius 2 is 1.60 bits per heavy atom. The number of hydrogen-bond donors (Lipinski definition) is 1. The number of fused-ring (bicyclic) bond motifs is 1. The number of nitrogens with zero attached hydrogens (tertiary/aromatic N) is 1. The third-order valence-corrected chi connectivity index (χ3v) is 3.79. The van der Waals surface area contributed by atoms with Gasteiger partial charge in [-0.2, -0.15) is 0 Å². The molecule has 0 saturated heterocycles. The van der Waals surface area contributed by atoms with E-state index in [-0.39, 0.29) is 5.91 Å². The van der Waals surface area contributed by atoms with E-state index in [1.165, 1.54) is 11.1 Å².